The van der Waals surface area contributed by atoms with Gasteiger partial charge in [0.2, 0.25) is 0 Å². The molecule has 1 heterocycles. The molecule has 1 aromatic heterocycles. The molecule has 0 aliphatic carbocycles. The highest BCUT2D eigenvalue weighted by Crippen LogP contribution is 2.00. The summed E-state index contributed by atoms with van der Waals surface area (Å²) < 4.78 is 1.99. The first-order valence-electron chi connectivity index (χ1n) is 5.04. The van der Waals surface area contributed by atoms with Gasteiger partial charge < -0.3 is 5.32 Å². The van der Waals surface area contributed by atoms with E-state index < -0.39 is 0 Å². The van der Waals surface area contributed by atoms with Gasteiger partial charge in [-0.2, -0.15) is 5.10 Å². The van der Waals surface area contributed by atoms with E-state index in [1.807, 2.05) is 23.1 Å². The molecule has 1 aromatic rings. The van der Waals surface area contributed by atoms with Crippen LogP contribution in [0.15, 0.2) is 18.5 Å². The second-order valence-corrected chi connectivity index (χ2v) is 3.39. The molecule has 1 atom stereocenters. The van der Waals surface area contributed by atoms with E-state index in [1.165, 1.54) is 12.8 Å². The van der Waals surface area contributed by atoms with Gasteiger partial charge in [0, 0.05) is 18.9 Å². The summed E-state index contributed by atoms with van der Waals surface area (Å²) in [5.74, 6) is 0. The molecular formula is C10H19N3. The van der Waals surface area contributed by atoms with Crippen molar-refractivity contribution in [3.05, 3.63) is 18.5 Å². The van der Waals surface area contributed by atoms with E-state index in [-0.39, 0.29) is 0 Å². The predicted octanol–water partition coefficient (Wildman–Crippen LogP) is 1.83. The summed E-state index contributed by atoms with van der Waals surface area (Å²) >= 11 is 0. The van der Waals surface area contributed by atoms with Crippen molar-refractivity contribution in [2.45, 2.75) is 32.7 Å². The monoisotopic (exact) mass is 181 g/mol. The fourth-order valence-electron chi connectivity index (χ4n) is 1.25. The van der Waals surface area contributed by atoms with Gasteiger partial charge in [-0.1, -0.05) is 13.3 Å². The van der Waals surface area contributed by atoms with Gasteiger partial charge in [-0.3, -0.25) is 4.68 Å². The van der Waals surface area contributed by atoms with Crippen molar-refractivity contribution in [1.29, 1.82) is 0 Å². The van der Waals surface area contributed by atoms with Gasteiger partial charge in [0.15, 0.2) is 0 Å². The SMILES string of the molecule is CCCCNCC(C)n1cccn1. The van der Waals surface area contributed by atoms with Crippen molar-refractivity contribution < 1.29 is 0 Å². The van der Waals surface area contributed by atoms with Crippen molar-refractivity contribution >= 4 is 0 Å². The van der Waals surface area contributed by atoms with E-state index in [9.17, 15) is 0 Å². The summed E-state index contributed by atoms with van der Waals surface area (Å²) in [5.41, 5.74) is 0. The summed E-state index contributed by atoms with van der Waals surface area (Å²) in [5, 5.41) is 7.61. The quantitative estimate of drug-likeness (QED) is 0.679. The van der Waals surface area contributed by atoms with Crippen LogP contribution in [0.2, 0.25) is 0 Å². The number of hydrogen-bond donors (Lipinski definition) is 1. The Hall–Kier alpha value is -0.830. The van der Waals surface area contributed by atoms with Gasteiger partial charge >= 0.3 is 0 Å². The predicted molar refractivity (Wildman–Crippen MR) is 54.7 cm³/mol. The minimum absolute atomic E-state index is 0.451. The zero-order chi connectivity index (χ0) is 9.52. The average Bonchev–Trinajstić information content (AvgIpc) is 2.65. The highest BCUT2D eigenvalue weighted by Gasteiger charge is 2.01. The maximum Gasteiger partial charge on any atom is 0.0615 e. The lowest BCUT2D eigenvalue weighted by molar-refractivity contribution is 0.451. The van der Waals surface area contributed by atoms with Crippen molar-refractivity contribution in [3.8, 4) is 0 Å². The third-order valence-corrected chi connectivity index (χ3v) is 2.12. The van der Waals surface area contributed by atoms with E-state index in [0.717, 1.165) is 13.1 Å². The molecular weight excluding hydrogens is 162 g/mol. The van der Waals surface area contributed by atoms with Crippen molar-refractivity contribution in [2.75, 3.05) is 13.1 Å². The topological polar surface area (TPSA) is 29.9 Å². The van der Waals surface area contributed by atoms with Crippen molar-refractivity contribution in [1.82, 2.24) is 15.1 Å². The molecule has 0 saturated heterocycles. The van der Waals surface area contributed by atoms with Gasteiger partial charge in [-0.05, 0) is 26.0 Å². The molecule has 0 aliphatic rings. The normalized spacial score (nSPS) is 13.1. The zero-order valence-electron chi connectivity index (χ0n) is 8.53. The fourth-order valence-corrected chi connectivity index (χ4v) is 1.25. The van der Waals surface area contributed by atoms with Gasteiger partial charge in [0.1, 0.15) is 0 Å². The van der Waals surface area contributed by atoms with Crippen LogP contribution in [-0.4, -0.2) is 22.9 Å². The van der Waals surface area contributed by atoms with Crippen LogP contribution in [0.3, 0.4) is 0 Å². The van der Waals surface area contributed by atoms with Crippen LogP contribution in [0.4, 0.5) is 0 Å². The second kappa shape index (κ2) is 5.75. The number of nitrogens with zero attached hydrogens (tertiary/aromatic N) is 2. The lowest BCUT2D eigenvalue weighted by Crippen LogP contribution is -2.24. The Morgan fingerprint density at radius 1 is 1.54 bits per heavy atom. The smallest absolute Gasteiger partial charge is 0.0615 e. The van der Waals surface area contributed by atoms with Crippen molar-refractivity contribution in [3.63, 3.8) is 0 Å². The molecule has 0 bridgehead atoms. The number of aromatic nitrogens is 2. The Morgan fingerprint density at radius 2 is 2.38 bits per heavy atom. The maximum absolute atomic E-state index is 4.19. The van der Waals surface area contributed by atoms with Crippen LogP contribution < -0.4 is 5.32 Å². The van der Waals surface area contributed by atoms with Crippen LogP contribution in [0.1, 0.15) is 32.7 Å². The van der Waals surface area contributed by atoms with Gasteiger partial charge in [-0.15, -0.1) is 0 Å². The van der Waals surface area contributed by atoms with E-state index >= 15 is 0 Å². The molecule has 0 fully saturated rings. The van der Waals surface area contributed by atoms with E-state index in [4.69, 9.17) is 0 Å². The molecule has 0 aliphatic heterocycles. The van der Waals surface area contributed by atoms with Gasteiger partial charge in [-0.25, -0.2) is 0 Å². The minimum atomic E-state index is 0.451. The van der Waals surface area contributed by atoms with Crippen LogP contribution >= 0.6 is 0 Å². The molecule has 0 spiro atoms. The van der Waals surface area contributed by atoms with Crippen molar-refractivity contribution in [2.24, 2.45) is 0 Å². The summed E-state index contributed by atoms with van der Waals surface area (Å²) in [6, 6.07) is 2.41. The van der Waals surface area contributed by atoms with Crippen LogP contribution in [0.25, 0.3) is 0 Å². The first kappa shape index (κ1) is 10.3. The maximum atomic E-state index is 4.19. The lowest BCUT2D eigenvalue weighted by atomic mass is 10.3. The Bertz CT molecular complexity index is 206. The first-order valence-corrected chi connectivity index (χ1v) is 5.04. The van der Waals surface area contributed by atoms with Gasteiger partial charge in [0.05, 0.1) is 6.04 Å². The molecule has 3 nitrogen and oxygen atoms in total. The first-order chi connectivity index (χ1) is 6.34. The minimum Gasteiger partial charge on any atom is -0.315 e. The summed E-state index contributed by atoms with van der Waals surface area (Å²) in [6.07, 6.45) is 6.34. The summed E-state index contributed by atoms with van der Waals surface area (Å²) in [6.45, 7) is 6.49. The Morgan fingerprint density at radius 3 is 3.00 bits per heavy atom. The number of unbranched alkanes of at least 4 members (excludes halogenated alkanes) is 1. The number of hydrogen-bond acceptors (Lipinski definition) is 2. The molecule has 0 aromatic carbocycles. The van der Waals surface area contributed by atoms with Crippen LogP contribution in [0, 0.1) is 0 Å². The Balaban J connectivity index is 2.15. The molecule has 74 valence electrons. The summed E-state index contributed by atoms with van der Waals surface area (Å²) in [7, 11) is 0. The third kappa shape index (κ3) is 3.59. The molecule has 1 N–H and O–H groups in total. The van der Waals surface area contributed by atoms with Crippen LogP contribution in [0.5, 0.6) is 0 Å². The van der Waals surface area contributed by atoms with E-state index in [0.29, 0.717) is 6.04 Å². The molecule has 0 saturated carbocycles. The molecule has 1 unspecified atom stereocenters. The fraction of sp³-hybridized carbons (Fsp3) is 0.700. The largest absolute Gasteiger partial charge is 0.315 e. The highest BCUT2D eigenvalue weighted by atomic mass is 15.3. The second-order valence-electron chi connectivity index (χ2n) is 3.39. The third-order valence-electron chi connectivity index (χ3n) is 2.12. The van der Waals surface area contributed by atoms with Gasteiger partial charge in [0.25, 0.3) is 0 Å². The summed E-state index contributed by atoms with van der Waals surface area (Å²) in [4.78, 5) is 0. The molecule has 13 heavy (non-hydrogen) atoms. The number of nitrogens with one attached hydrogen (secondary N) is 1. The molecule has 0 radical (unpaired) electrons. The Labute approximate surface area is 80.1 Å². The number of rotatable bonds is 6. The zero-order valence-corrected chi connectivity index (χ0v) is 8.53. The molecule has 1 rings (SSSR count). The lowest BCUT2D eigenvalue weighted by Gasteiger charge is -2.12. The van der Waals surface area contributed by atoms with Crippen LogP contribution in [-0.2, 0) is 0 Å². The average molecular weight is 181 g/mol. The van der Waals surface area contributed by atoms with E-state index in [1.54, 1.807) is 0 Å². The highest BCUT2D eigenvalue weighted by molar-refractivity contribution is 4.80. The Kier molecular flexibility index (Phi) is 4.54. The molecule has 3 heteroatoms. The standard InChI is InChI=1S/C10H19N3/c1-3-4-6-11-9-10(2)13-8-5-7-12-13/h5,7-8,10-11H,3-4,6,9H2,1-2H3. The van der Waals surface area contributed by atoms with E-state index in [2.05, 4.69) is 24.3 Å². The molecule has 0 amide bonds.